The van der Waals surface area contributed by atoms with E-state index in [-0.39, 0.29) is 28.0 Å². The Bertz CT molecular complexity index is 1550. The molecule has 0 radical (unpaired) electrons. The van der Waals surface area contributed by atoms with E-state index < -0.39 is 28.3 Å². The molecule has 1 unspecified atom stereocenters. The highest BCUT2D eigenvalue weighted by Gasteiger charge is 2.42. The number of aliphatic hydroxyl groups excluding tert-OH is 1. The zero-order valence-corrected chi connectivity index (χ0v) is 19.6. The molecular formula is C27H15IO6. The van der Waals surface area contributed by atoms with Crippen LogP contribution in [0.3, 0.4) is 0 Å². The van der Waals surface area contributed by atoms with Gasteiger partial charge < -0.3 is 14.9 Å². The van der Waals surface area contributed by atoms with E-state index >= 15 is 0 Å². The van der Waals surface area contributed by atoms with Gasteiger partial charge in [0.05, 0.1) is 12.2 Å². The number of para-hydroxylation sites is 1. The summed E-state index contributed by atoms with van der Waals surface area (Å²) in [4.78, 5) is 38.4. The highest BCUT2D eigenvalue weighted by atomic mass is 127. The first-order valence-electron chi connectivity index (χ1n) is 10.2. The van der Waals surface area contributed by atoms with Gasteiger partial charge in [0.1, 0.15) is 11.3 Å². The molecule has 0 spiro atoms. The summed E-state index contributed by atoms with van der Waals surface area (Å²) in [6.45, 7) is -0.546. The summed E-state index contributed by atoms with van der Waals surface area (Å²) >= 11 is 1.60. The van der Waals surface area contributed by atoms with Gasteiger partial charge in [-0.25, -0.2) is 4.79 Å². The van der Waals surface area contributed by atoms with Crippen molar-refractivity contribution in [1.29, 1.82) is 0 Å². The maximum absolute atomic E-state index is 13.7. The molecule has 166 valence electrons. The topological polar surface area (TPSA) is 101 Å². The minimum Gasteiger partial charge on any atom is -0.478 e. The first-order chi connectivity index (χ1) is 16.4. The lowest BCUT2D eigenvalue weighted by Gasteiger charge is -2.18. The zero-order valence-electron chi connectivity index (χ0n) is 17.5. The highest BCUT2D eigenvalue weighted by molar-refractivity contribution is 14.1. The molecule has 1 atom stereocenters. The summed E-state index contributed by atoms with van der Waals surface area (Å²) in [6.07, 6.45) is 4.31. The summed E-state index contributed by atoms with van der Waals surface area (Å²) in [5, 5.41) is 21.2. The number of hydrogen-bond donors (Lipinski definition) is 2. The molecule has 0 saturated carbocycles. The van der Waals surface area contributed by atoms with E-state index in [1.165, 1.54) is 12.1 Å². The zero-order chi connectivity index (χ0) is 24.1. The average molecular weight is 562 g/mol. The summed E-state index contributed by atoms with van der Waals surface area (Å²) in [6, 6.07) is 15.8. The van der Waals surface area contributed by atoms with Crippen molar-refractivity contribution in [3.8, 4) is 18.1 Å². The van der Waals surface area contributed by atoms with Gasteiger partial charge in [-0.05, 0) is 28.0 Å². The fraction of sp³-hybridized carbons (Fsp3) is 0.0741. The number of fused-ring (bicyclic) bond motifs is 3. The molecule has 0 amide bonds. The Morgan fingerprint density at radius 2 is 1.59 bits per heavy atom. The van der Waals surface area contributed by atoms with Crippen LogP contribution in [-0.2, 0) is 9.59 Å². The number of carbonyl (C=O) groups excluding carboxylic acids is 2. The molecule has 6 nitrogen and oxygen atoms in total. The number of halogens is 1. The second-order valence-corrected chi connectivity index (χ2v) is 8.74. The molecule has 0 aliphatic heterocycles. The van der Waals surface area contributed by atoms with Crippen LogP contribution < -0.4 is 4.74 Å². The Labute approximate surface area is 207 Å². The number of terminal acetylenes is 1. The van der Waals surface area contributed by atoms with E-state index in [0.717, 1.165) is 21.9 Å². The molecule has 3 aromatic carbocycles. The Balaban J connectivity index is 1.87. The molecule has 0 aromatic heterocycles. The van der Waals surface area contributed by atoms with Crippen molar-refractivity contribution >= 4 is 65.6 Å². The van der Waals surface area contributed by atoms with Crippen LogP contribution in [0.1, 0.15) is 27.0 Å². The molecule has 5 rings (SSSR count). The minimum absolute atomic E-state index is 0.0386. The van der Waals surface area contributed by atoms with Crippen molar-refractivity contribution in [2.45, 2.75) is 6.10 Å². The largest absolute Gasteiger partial charge is 0.478 e. The molecule has 0 fully saturated rings. The monoisotopic (exact) mass is 562 g/mol. The number of aromatic carboxylic acids is 1. The lowest BCUT2D eigenvalue weighted by atomic mass is 9.93. The van der Waals surface area contributed by atoms with Gasteiger partial charge in [0.15, 0.2) is 11.9 Å². The number of carboxylic acids is 1. The number of carboxylic acid groups (broad SMARTS) is 1. The number of carbonyl (C=O) groups is 3. The van der Waals surface area contributed by atoms with Crippen molar-refractivity contribution in [3.63, 3.8) is 0 Å². The molecule has 2 N–H and O–H groups in total. The Hall–Kier alpha value is -3.74. The maximum atomic E-state index is 13.7. The van der Waals surface area contributed by atoms with Crippen molar-refractivity contribution in [1.82, 2.24) is 0 Å². The third-order valence-electron chi connectivity index (χ3n) is 5.97. The number of ketones is 1. The molecule has 0 saturated heterocycles. The number of allylic oxidation sites excluding steroid dienone is 4. The third-order valence-corrected chi connectivity index (χ3v) is 6.51. The maximum Gasteiger partial charge on any atom is 0.339 e. The first kappa shape index (κ1) is 22.1. The van der Waals surface area contributed by atoms with Gasteiger partial charge in [-0.1, -0.05) is 54.5 Å². The number of ether oxygens (including phenoxy) is 1. The molecule has 7 heteroatoms. The van der Waals surface area contributed by atoms with Gasteiger partial charge in [-0.3, -0.25) is 9.59 Å². The average Bonchev–Trinajstić information content (AvgIpc) is 3.30. The first-order valence-corrected chi connectivity index (χ1v) is 11.3. The molecular weight excluding hydrogens is 547 g/mol. The normalized spacial score (nSPS) is 14.9. The Morgan fingerprint density at radius 1 is 0.971 bits per heavy atom. The van der Waals surface area contributed by atoms with E-state index in [1.54, 1.807) is 28.7 Å². The summed E-state index contributed by atoms with van der Waals surface area (Å²) in [5.41, 5.74) is 2.85. The van der Waals surface area contributed by atoms with Gasteiger partial charge in [-0.15, -0.1) is 6.42 Å². The number of rotatable bonds is 6. The van der Waals surface area contributed by atoms with Gasteiger partial charge in [0.25, 0.3) is 0 Å². The standard InChI is InChI=1S/C27H15IO6/c1-2-14(12-29)34-25-17(10-5-11-18(25)27(32)33)22-20-15-8-3-6-13-7-4-9-16(19(13)15)21(20)23(24(22)30)26(28)31/h1,3-11,14,29H,12H2,(H,32,33). The van der Waals surface area contributed by atoms with Crippen LogP contribution in [0.5, 0.6) is 5.75 Å². The Kier molecular flexibility index (Phi) is 5.35. The van der Waals surface area contributed by atoms with E-state index in [2.05, 4.69) is 5.92 Å². The Morgan fingerprint density at radius 3 is 2.18 bits per heavy atom. The van der Waals surface area contributed by atoms with Gasteiger partial charge in [0.2, 0.25) is 3.79 Å². The van der Waals surface area contributed by atoms with Gasteiger partial charge in [-0.2, -0.15) is 0 Å². The van der Waals surface area contributed by atoms with Crippen molar-refractivity contribution in [2.75, 3.05) is 6.61 Å². The van der Waals surface area contributed by atoms with Crippen LogP contribution in [0, 0.1) is 12.3 Å². The highest BCUT2D eigenvalue weighted by Crippen LogP contribution is 2.56. The van der Waals surface area contributed by atoms with Crippen LogP contribution in [-0.4, -0.2) is 38.5 Å². The van der Waals surface area contributed by atoms with E-state index in [0.29, 0.717) is 11.1 Å². The minimum atomic E-state index is -1.28. The van der Waals surface area contributed by atoms with Crippen molar-refractivity contribution in [3.05, 3.63) is 82.4 Å². The number of hydrogen-bond acceptors (Lipinski definition) is 5. The summed E-state index contributed by atoms with van der Waals surface area (Å²) < 4.78 is 5.32. The predicted octanol–water partition coefficient (Wildman–Crippen LogP) is 4.13. The quantitative estimate of drug-likeness (QED) is 0.203. The number of benzene rings is 3. The van der Waals surface area contributed by atoms with Crippen LogP contribution in [0.2, 0.25) is 0 Å². The van der Waals surface area contributed by atoms with Crippen molar-refractivity contribution < 1.29 is 29.3 Å². The van der Waals surface area contributed by atoms with E-state index in [9.17, 15) is 24.6 Å². The van der Waals surface area contributed by atoms with E-state index in [4.69, 9.17) is 11.2 Å². The lowest BCUT2D eigenvalue weighted by molar-refractivity contribution is -0.113. The van der Waals surface area contributed by atoms with Crippen LogP contribution >= 0.6 is 22.6 Å². The summed E-state index contributed by atoms with van der Waals surface area (Å²) in [5.74, 6) is 0.345. The molecule has 3 aromatic rings. The van der Waals surface area contributed by atoms with Gasteiger partial charge >= 0.3 is 5.97 Å². The van der Waals surface area contributed by atoms with Crippen molar-refractivity contribution in [2.24, 2.45) is 0 Å². The number of Topliss-reactive ketones (excluding diaryl/α,β-unsaturated/α-hetero) is 1. The fourth-order valence-corrected chi connectivity index (χ4v) is 5.15. The smallest absolute Gasteiger partial charge is 0.339 e. The second-order valence-electron chi connectivity index (χ2n) is 7.76. The predicted molar refractivity (Wildman–Crippen MR) is 135 cm³/mol. The molecule has 34 heavy (non-hydrogen) atoms. The second kappa shape index (κ2) is 8.24. The van der Waals surface area contributed by atoms with Gasteiger partial charge in [0, 0.05) is 44.9 Å². The third kappa shape index (κ3) is 3.10. The molecule has 0 heterocycles. The number of aliphatic hydroxyl groups is 1. The lowest BCUT2D eigenvalue weighted by Crippen LogP contribution is -2.21. The molecule has 2 aliphatic rings. The fourth-order valence-electron chi connectivity index (χ4n) is 4.64. The van der Waals surface area contributed by atoms with Crippen LogP contribution in [0.15, 0.2) is 60.2 Å². The van der Waals surface area contributed by atoms with Crippen LogP contribution in [0.25, 0.3) is 27.5 Å². The molecule has 2 aliphatic carbocycles. The summed E-state index contributed by atoms with van der Waals surface area (Å²) in [7, 11) is 0. The SMILES string of the molecule is C#CC(CO)Oc1c(C(=O)O)cccc1C1=C2C(=C(C(=O)I)C1=O)c1cccc3cccc2c13. The molecule has 0 bridgehead atoms. The van der Waals surface area contributed by atoms with Crippen LogP contribution in [0.4, 0.5) is 0 Å². The van der Waals surface area contributed by atoms with E-state index in [1.807, 2.05) is 36.4 Å².